The monoisotopic (exact) mass is 482 g/mol. The van der Waals surface area contributed by atoms with Crippen molar-refractivity contribution < 1.29 is 0 Å². The van der Waals surface area contributed by atoms with Crippen LogP contribution in [0.15, 0.2) is 89.6 Å². The highest BCUT2D eigenvalue weighted by Crippen LogP contribution is 2.32. The van der Waals surface area contributed by atoms with Crippen LogP contribution in [0.1, 0.15) is 26.3 Å². The first-order valence-electron chi connectivity index (χ1n) is 11.7. The van der Waals surface area contributed by atoms with Crippen LogP contribution in [0.4, 0.5) is 0 Å². The quantitative estimate of drug-likeness (QED) is 0.136. The van der Waals surface area contributed by atoms with Crippen molar-refractivity contribution in [2.45, 2.75) is 38.9 Å². The van der Waals surface area contributed by atoms with Gasteiger partial charge in [0.25, 0.3) is 0 Å². The molecule has 33 heavy (non-hydrogen) atoms. The third-order valence-corrected chi connectivity index (χ3v) is 13.2. The van der Waals surface area contributed by atoms with Crippen molar-refractivity contribution in [3.8, 4) is 21.2 Å². The Bertz CT molecular complexity index is 1270. The van der Waals surface area contributed by atoms with Gasteiger partial charge in [0.05, 0.1) is 4.88 Å². The normalized spacial score (nSPS) is 11.0. The second-order valence-electron chi connectivity index (χ2n) is 8.28. The van der Waals surface area contributed by atoms with E-state index in [2.05, 4.69) is 122 Å². The van der Waals surface area contributed by atoms with Crippen LogP contribution in [0, 0.1) is 11.5 Å². The van der Waals surface area contributed by atoms with E-state index in [-0.39, 0.29) is 0 Å². The Morgan fingerprint density at radius 2 is 1.18 bits per heavy atom. The van der Waals surface area contributed by atoms with Gasteiger partial charge in [-0.15, -0.1) is 28.2 Å². The van der Waals surface area contributed by atoms with Crippen molar-refractivity contribution in [3.05, 3.63) is 95.2 Å². The molecule has 0 aliphatic rings. The van der Waals surface area contributed by atoms with E-state index in [0.717, 1.165) is 0 Å². The molecule has 5 rings (SSSR count). The lowest BCUT2D eigenvalue weighted by molar-refractivity contribution is 1.20. The number of hydrogen-bond acceptors (Lipinski definition) is 2. The van der Waals surface area contributed by atoms with Crippen LogP contribution in [-0.2, 0) is 0 Å². The molecular formula is C30H30S2Si. The van der Waals surface area contributed by atoms with Gasteiger partial charge in [0.1, 0.15) is 8.07 Å². The molecule has 0 amide bonds. The van der Waals surface area contributed by atoms with Gasteiger partial charge in [-0.25, -0.2) is 0 Å². The fourth-order valence-electron chi connectivity index (χ4n) is 4.10. The van der Waals surface area contributed by atoms with Crippen LogP contribution < -0.4 is 0 Å². The maximum absolute atomic E-state index is 3.69. The maximum atomic E-state index is 3.69. The zero-order valence-electron chi connectivity index (χ0n) is 19.6. The Hall–Kier alpha value is -2.64. The van der Waals surface area contributed by atoms with Gasteiger partial charge in [0, 0.05) is 10.4 Å². The van der Waals surface area contributed by atoms with E-state index in [4.69, 9.17) is 0 Å². The van der Waals surface area contributed by atoms with Gasteiger partial charge in [-0.1, -0.05) is 81.3 Å². The van der Waals surface area contributed by atoms with Gasteiger partial charge in [-0.2, -0.15) is 0 Å². The minimum absolute atomic E-state index is 1.22. The lowest BCUT2D eigenvalue weighted by Crippen LogP contribution is -2.29. The molecular weight excluding hydrogens is 453 g/mol. The Labute approximate surface area is 206 Å². The molecule has 3 aromatic carbocycles. The number of hydrogen-bond donors (Lipinski definition) is 0. The molecule has 0 aliphatic heterocycles. The average Bonchev–Trinajstić information content (AvgIpc) is 3.56. The van der Waals surface area contributed by atoms with Crippen molar-refractivity contribution in [2.24, 2.45) is 0 Å². The van der Waals surface area contributed by atoms with Gasteiger partial charge in [0.2, 0.25) is 0 Å². The summed E-state index contributed by atoms with van der Waals surface area (Å²) < 4.78 is 0. The molecule has 0 bridgehead atoms. The zero-order chi connectivity index (χ0) is 23.1. The highest BCUT2D eigenvalue weighted by atomic mass is 32.1. The molecule has 166 valence electrons. The standard InChI is InChI=1S/C16H20S2Si.C14H10/c1-4-19(5-2,6-3)13-10-14-9-12-18-16(14)15-8-7-11-17-15;1-2-6-12-10-14-8-4-3-7-13(14)9-11(12)5-1/h7-9,11-12H,4-6H2,1-3H3;1-10H. The van der Waals surface area contributed by atoms with Crippen LogP contribution in [0.3, 0.4) is 0 Å². The minimum Gasteiger partial charge on any atom is -0.143 e. The SMILES string of the molecule is CC[Si](C#Cc1ccsc1-c1cccs1)(CC)CC.c1ccc2cc3ccccc3cc2c1. The number of rotatable bonds is 4. The smallest absolute Gasteiger partial charge is 0.138 e. The lowest BCUT2D eigenvalue weighted by Gasteiger charge is -2.19. The fraction of sp³-hybridized carbons (Fsp3) is 0.200. The number of thiophene rings is 2. The molecule has 0 fully saturated rings. The predicted octanol–water partition coefficient (Wildman–Crippen LogP) is 9.87. The van der Waals surface area contributed by atoms with Crippen LogP contribution >= 0.6 is 22.7 Å². The molecule has 5 aromatic rings. The summed E-state index contributed by atoms with van der Waals surface area (Å²) in [4.78, 5) is 2.68. The van der Waals surface area contributed by atoms with Gasteiger partial charge >= 0.3 is 0 Å². The van der Waals surface area contributed by atoms with Gasteiger partial charge in [0.15, 0.2) is 0 Å². The maximum Gasteiger partial charge on any atom is 0.138 e. The van der Waals surface area contributed by atoms with Crippen molar-refractivity contribution in [1.82, 2.24) is 0 Å². The molecule has 0 aliphatic carbocycles. The second-order valence-corrected chi connectivity index (χ2v) is 15.1. The molecule has 2 heterocycles. The average molecular weight is 483 g/mol. The van der Waals surface area contributed by atoms with E-state index < -0.39 is 8.07 Å². The van der Waals surface area contributed by atoms with Crippen LogP contribution in [0.25, 0.3) is 31.3 Å². The van der Waals surface area contributed by atoms with Gasteiger partial charge in [-0.3, -0.25) is 0 Å². The first-order chi connectivity index (χ1) is 16.2. The molecule has 0 radical (unpaired) electrons. The molecule has 0 saturated carbocycles. The fourth-order valence-corrected chi connectivity index (χ4v) is 8.27. The molecule has 0 saturated heterocycles. The van der Waals surface area contributed by atoms with E-state index in [0.29, 0.717) is 0 Å². The van der Waals surface area contributed by atoms with E-state index >= 15 is 0 Å². The molecule has 0 nitrogen and oxygen atoms in total. The Balaban J connectivity index is 0.000000163. The van der Waals surface area contributed by atoms with Crippen LogP contribution in [0.5, 0.6) is 0 Å². The first-order valence-corrected chi connectivity index (χ1v) is 16.1. The van der Waals surface area contributed by atoms with Crippen molar-refractivity contribution in [2.75, 3.05) is 0 Å². The summed E-state index contributed by atoms with van der Waals surface area (Å²) in [7, 11) is -1.33. The van der Waals surface area contributed by atoms with Crippen molar-refractivity contribution in [3.63, 3.8) is 0 Å². The highest BCUT2D eigenvalue weighted by molar-refractivity contribution is 7.20. The Morgan fingerprint density at radius 3 is 1.64 bits per heavy atom. The molecule has 0 spiro atoms. The van der Waals surface area contributed by atoms with Crippen LogP contribution in [-0.4, -0.2) is 8.07 Å². The van der Waals surface area contributed by atoms with Gasteiger partial charge in [-0.05, 0) is 74.7 Å². The van der Waals surface area contributed by atoms with E-state index in [1.54, 1.807) is 22.7 Å². The molecule has 0 atom stereocenters. The summed E-state index contributed by atoms with van der Waals surface area (Å²) in [5.74, 6) is 3.50. The zero-order valence-corrected chi connectivity index (χ0v) is 22.2. The summed E-state index contributed by atoms with van der Waals surface area (Å²) in [6.45, 7) is 6.92. The van der Waals surface area contributed by atoms with Crippen molar-refractivity contribution >= 4 is 52.3 Å². The predicted molar refractivity (Wildman–Crippen MR) is 153 cm³/mol. The summed E-state index contributed by atoms with van der Waals surface area (Å²) in [6, 6.07) is 31.7. The summed E-state index contributed by atoms with van der Waals surface area (Å²) >= 11 is 3.60. The first kappa shape index (κ1) is 23.5. The van der Waals surface area contributed by atoms with E-state index in [1.165, 1.54) is 55.0 Å². The summed E-state index contributed by atoms with van der Waals surface area (Å²) in [6.07, 6.45) is 0. The third-order valence-electron chi connectivity index (χ3n) is 6.52. The van der Waals surface area contributed by atoms with Crippen molar-refractivity contribution in [1.29, 1.82) is 0 Å². The third kappa shape index (κ3) is 5.47. The van der Waals surface area contributed by atoms with Crippen LogP contribution in [0.2, 0.25) is 18.1 Å². The lowest BCUT2D eigenvalue weighted by atomic mass is 10.0. The summed E-state index contributed by atoms with van der Waals surface area (Å²) in [5.41, 5.74) is 4.91. The van der Waals surface area contributed by atoms with E-state index in [1.807, 2.05) is 0 Å². The topological polar surface area (TPSA) is 0 Å². The Morgan fingerprint density at radius 1 is 0.636 bits per heavy atom. The minimum atomic E-state index is -1.33. The molecule has 3 heteroatoms. The number of fused-ring (bicyclic) bond motifs is 2. The Kier molecular flexibility index (Phi) is 7.83. The highest BCUT2D eigenvalue weighted by Gasteiger charge is 2.24. The molecule has 2 aromatic heterocycles. The molecule has 0 unspecified atom stereocenters. The van der Waals surface area contributed by atoms with E-state index in [9.17, 15) is 0 Å². The summed E-state index contributed by atoms with van der Waals surface area (Å²) in [5, 5.41) is 9.54. The second kappa shape index (κ2) is 11.0. The number of benzene rings is 3. The largest absolute Gasteiger partial charge is 0.143 e. The van der Waals surface area contributed by atoms with Gasteiger partial charge < -0.3 is 0 Å². The molecule has 0 N–H and O–H groups in total.